The van der Waals surface area contributed by atoms with Gasteiger partial charge in [-0.1, -0.05) is 133 Å². The minimum Gasteiger partial charge on any atom is -0.0616 e. The van der Waals surface area contributed by atoms with E-state index < -0.39 is 0 Å². The molecular formula is C42H30. The summed E-state index contributed by atoms with van der Waals surface area (Å²) in [7, 11) is 0. The summed E-state index contributed by atoms with van der Waals surface area (Å²) in [5.74, 6) is 0. The molecule has 0 spiro atoms. The summed E-state index contributed by atoms with van der Waals surface area (Å²) in [6.45, 7) is 4.55. The zero-order valence-electron chi connectivity index (χ0n) is 23.9. The third-order valence-electron chi connectivity index (χ3n) is 8.85. The molecule has 0 aliphatic heterocycles. The van der Waals surface area contributed by atoms with Crippen molar-refractivity contribution in [1.82, 2.24) is 0 Å². The molecule has 8 aromatic rings. The first-order chi connectivity index (χ1) is 20.7. The summed E-state index contributed by atoms with van der Waals surface area (Å²) in [4.78, 5) is 0. The van der Waals surface area contributed by atoms with E-state index in [9.17, 15) is 0 Å². The van der Waals surface area contributed by atoms with Crippen LogP contribution in [0.15, 0.2) is 146 Å². The molecule has 0 unspecified atom stereocenters. The Morgan fingerprint density at radius 2 is 0.667 bits per heavy atom. The maximum atomic E-state index is 2.40. The third kappa shape index (κ3) is 3.91. The molecule has 0 saturated carbocycles. The van der Waals surface area contributed by atoms with Gasteiger partial charge in [0.25, 0.3) is 0 Å². The van der Waals surface area contributed by atoms with Crippen molar-refractivity contribution in [1.29, 1.82) is 0 Å². The van der Waals surface area contributed by atoms with Crippen LogP contribution in [0.3, 0.4) is 0 Å². The van der Waals surface area contributed by atoms with Crippen LogP contribution in [0.4, 0.5) is 0 Å². The molecule has 0 saturated heterocycles. The van der Waals surface area contributed by atoms with Crippen LogP contribution in [-0.2, 0) is 0 Å². The van der Waals surface area contributed by atoms with Crippen LogP contribution in [0.5, 0.6) is 0 Å². The number of hydrogen-bond acceptors (Lipinski definition) is 0. The lowest BCUT2D eigenvalue weighted by atomic mass is 9.83. The van der Waals surface area contributed by atoms with Gasteiger partial charge in [0.1, 0.15) is 0 Å². The zero-order valence-corrected chi connectivity index (χ0v) is 23.9. The molecule has 0 radical (unpaired) electrons. The van der Waals surface area contributed by atoms with Gasteiger partial charge in [-0.15, -0.1) is 0 Å². The molecule has 8 aromatic carbocycles. The fourth-order valence-electron chi connectivity index (χ4n) is 6.88. The quantitative estimate of drug-likeness (QED) is 0.211. The minimum absolute atomic E-state index is 1.26. The second-order valence-electron chi connectivity index (χ2n) is 11.4. The highest BCUT2D eigenvalue weighted by Gasteiger charge is 2.19. The van der Waals surface area contributed by atoms with Crippen molar-refractivity contribution in [3.8, 4) is 33.4 Å². The van der Waals surface area contributed by atoms with Crippen molar-refractivity contribution < 1.29 is 0 Å². The maximum absolute atomic E-state index is 2.40. The molecule has 0 nitrogen and oxygen atoms in total. The smallest absolute Gasteiger partial charge is 0.00668 e. The van der Waals surface area contributed by atoms with E-state index >= 15 is 0 Å². The predicted molar refractivity (Wildman–Crippen MR) is 182 cm³/mol. The summed E-state index contributed by atoms with van der Waals surface area (Å²) in [6, 6.07) is 53.5. The van der Waals surface area contributed by atoms with Gasteiger partial charge in [-0.05, 0) is 114 Å². The molecule has 0 bridgehead atoms. The van der Waals surface area contributed by atoms with Crippen LogP contribution in [0, 0.1) is 13.8 Å². The molecule has 0 amide bonds. The van der Waals surface area contributed by atoms with Crippen LogP contribution in [-0.4, -0.2) is 0 Å². The summed E-state index contributed by atoms with van der Waals surface area (Å²) in [5, 5.41) is 10.3. The molecule has 0 heterocycles. The van der Waals surface area contributed by atoms with E-state index in [2.05, 4.69) is 159 Å². The van der Waals surface area contributed by atoms with Gasteiger partial charge in [-0.25, -0.2) is 0 Å². The summed E-state index contributed by atoms with van der Waals surface area (Å²) < 4.78 is 0. The first-order valence-corrected chi connectivity index (χ1v) is 14.7. The van der Waals surface area contributed by atoms with E-state index in [-0.39, 0.29) is 0 Å². The van der Waals surface area contributed by atoms with Gasteiger partial charge in [-0.3, -0.25) is 0 Å². The number of aryl methyl sites for hydroxylation is 2. The molecule has 198 valence electrons. The van der Waals surface area contributed by atoms with Crippen molar-refractivity contribution in [3.05, 3.63) is 157 Å². The van der Waals surface area contributed by atoms with Crippen molar-refractivity contribution in [2.45, 2.75) is 13.8 Å². The monoisotopic (exact) mass is 534 g/mol. The summed E-state index contributed by atoms with van der Waals surface area (Å²) >= 11 is 0. The van der Waals surface area contributed by atoms with E-state index in [0.29, 0.717) is 0 Å². The molecule has 0 aliphatic carbocycles. The van der Waals surface area contributed by atoms with Gasteiger partial charge in [0.2, 0.25) is 0 Å². The van der Waals surface area contributed by atoms with Crippen molar-refractivity contribution in [2.75, 3.05) is 0 Å². The van der Waals surface area contributed by atoms with Crippen molar-refractivity contribution in [3.63, 3.8) is 0 Å². The molecular weight excluding hydrogens is 504 g/mol. The highest BCUT2D eigenvalue weighted by Crippen LogP contribution is 2.45. The number of rotatable bonds is 3. The molecule has 42 heavy (non-hydrogen) atoms. The molecule has 0 aromatic heterocycles. The Balaban J connectivity index is 1.38. The summed E-state index contributed by atoms with van der Waals surface area (Å²) in [6.07, 6.45) is 0. The predicted octanol–water partition coefficient (Wildman–Crippen LogP) is 11.9. The lowest BCUT2D eigenvalue weighted by molar-refractivity contribution is 1.44. The molecule has 0 N–H and O–H groups in total. The fourth-order valence-corrected chi connectivity index (χ4v) is 6.88. The van der Waals surface area contributed by atoms with Crippen LogP contribution in [0.2, 0.25) is 0 Å². The molecule has 0 aliphatic rings. The first-order valence-electron chi connectivity index (χ1n) is 14.7. The Kier molecular flexibility index (Phi) is 5.69. The second kappa shape index (κ2) is 9.72. The fraction of sp³-hybridized carbons (Fsp3) is 0.0476. The number of hydrogen-bond donors (Lipinski definition) is 0. The largest absolute Gasteiger partial charge is 0.0616 e. The van der Waals surface area contributed by atoms with Crippen LogP contribution < -0.4 is 0 Å². The SMILES string of the molecule is Cc1cc(-c2ccc3ccccc3c2)c2ccccc2c1-c1c(C)cc(-c2ccc3ccccc3c2)c2ccccc12. The van der Waals surface area contributed by atoms with E-state index in [1.807, 2.05) is 0 Å². The molecule has 8 rings (SSSR count). The zero-order chi connectivity index (χ0) is 28.2. The second-order valence-corrected chi connectivity index (χ2v) is 11.4. The van der Waals surface area contributed by atoms with Crippen LogP contribution >= 0.6 is 0 Å². The van der Waals surface area contributed by atoms with E-state index in [1.165, 1.54) is 87.6 Å². The van der Waals surface area contributed by atoms with Gasteiger partial charge >= 0.3 is 0 Å². The van der Waals surface area contributed by atoms with E-state index in [0.717, 1.165) is 0 Å². The molecule has 0 fully saturated rings. The molecule has 0 heteroatoms. The lowest BCUT2D eigenvalue weighted by Gasteiger charge is -2.21. The minimum atomic E-state index is 1.26. The topological polar surface area (TPSA) is 0 Å². The standard InChI is InChI=1S/C42H30/c1-27-23-39(33-21-19-29-11-3-5-13-31(29)25-33)35-15-7-9-17-37(35)41(27)42-28(2)24-40(36-16-8-10-18-38(36)42)34-22-20-30-12-4-6-14-32(30)26-34/h3-26H,1-2H3. The van der Waals surface area contributed by atoms with Crippen LogP contribution in [0.25, 0.3) is 76.5 Å². The third-order valence-corrected chi connectivity index (χ3v) is 8.85. The van der Waals surface area contributed by atoms with Crippen molar-refractivity contribution in [2.24, 2.45) is 0 Å². The Hall–Kier alpha value is -5.20. The maximum Gasteiger partial charge on any atom is -0.00668 e. The summed E-state index contributed by atoms with van der Waals surface area (Å²) in [5.41, 5.74) is 10.3. The first kappa shape index (κ1) is 24.6. The number of benzene rings is 8. The lowest BCUT2D eigenvalue weighted by Crippen LogP contribution is -1.95. The average Bonchev–Trinajstić information content (AvgIpc) is 3.04. The Morgan fingerprint density at radius 3 is 1.10 bits per heavy atom. The van der Waals surface area contributed by atoms with Gasteiger partial charge in [0, 0.05) is 0 Å². The molecule has 0 atom stereocenters. The number of fused-ring (bicyclic) bond motifs is 4. The van der Waals surface area contributed by atoms with E-state index in [4.69, 9.17) is 0 Å². The Bertz CT molecular complexity index is 2150. The van der Waals surface area contributed by atoms with Gasteiger partial charge in [-0.2, -0.15) is 0 Å². The normalized spacial score (nSPS) is 11.6. The highest BCUT2D eigenvalue weighted by atomic mass is 14.2. The van der Waals surface area contributed by atoms with Gasteiger partial charge < -0.3 is 0 Å². The van der Waals surface area contributed by atoms with Gasteiger partial charge in [0.05, 0.1) is 0 Å². The van der Waals surface area contributed by atoms with Crippen molar-refractivity contribution >= 4 is 43.1 Å². The van der Waals surface area contributed by atoms with E-state index in [1.54, 1.807) is 0 Å². The highest BCUT2D eigenvalue weighted by molar-refractivity contribution is 6.14. The van der Waals surface area contributed by atoms with Gasteiger partial charge in [0.15, 0.2) is 0 Å². The Labute approximate surface area is 246 Å². The van der Waals surface area contributed by atoms with Crippen LogP contribution in [0.1, 0.15) is 11.1 Å². The average molecular weight is 535 g/mol. The Morgan fingerprint density at radius 1 is 0.310 bits per heavy atom.